The van der Waals surface area contributed by atoms with Gasteiger partial charge in [-0.3, -0.25) is 0 Å². The number of carbonyl (C=O) groups excluding carboxylic acids is 1. The van der Waals surface area contributed by atoms with Gasteiger partial charge in [0.05, 0.1) is 6.26 Å². The van der Waals surface area contributed by atoms with Gasteiger partial charge in [-0.1, -0.05) is 0 Å². The molecule has 13 heavy (non-hydrogen) atoms. The molecule has 0 saturated heterocycles. The van der Waals surface area contributed by atoms with Crippen LogP contribution in [0.5, 0.6) is 0 Å². The smallest absolute Gasteiger partial charge is 0.343 e. The van der Waals surface area contributed by atoms with E-state index in [-0.39, 0.29) is 5.56 Å². The van der Waals surface area contributed by atoms with Crippen LogP contribution in [0.2, 0.25) is 0 Å². The van der Waals surface area contributed by atoms with E-state index in [9.17, 15) is 4.79 Å². The van der Waals surface area contributed by atoms with Crippen molar-refractivity contribution < 1.29 is 13.9 Å². The number of nitriles is 1. The summed E-state index contributed by atoms with van der Waals surface area (Å²) in [6, 6.07) is 3.26. The molecule has 1 unspecified atom stereocenters. The summed E-state index contributed by atoms with van der Waals surface area (Å²) < 4.78 is 9.88. The van der Waals surface area contributed by atoms with Crippen molar-refractivity contribution in [3.63, 3.8) is 0 Å². The summed E-state index contributed by atoms with van der Waals surface area (Å²) in [7, 11) is 0. The van der Waals surface area contributed by atoms with Gasteiger partial charge in [-0.25, -0.2) is 4.79 Å². The van der Waals surface area contributed by atoms with Gasteiger partial charge in [-0.2, -0.15) is 5.26 Å². The first kappa shape index (κ1) is 9.81. The van der Waals surface area contributed by atoms with E-state index in [0.29, 0.717) is 4.67 Å². The standard InChI is InChI=1S/C8H6BrNO3/c1-5(4-10)13-8(11)6-2-3-12-7(6)9/h2-3,5H,1H3. The Hall–Kier alpha value is -1.28. The maximum atomic E-state index is 11.2. The summed E-state index contributed by atoms with van der Waals surface area (Å²) in [5.74, 6) is -0.574. The van der Waals surface area contributed by atoms with Crippen molar-refractivity contribution in [2.45, 2.75) is 13.0 Å². The molecule has 4 nitrogen and oxygen atoms in total. The Kier molecular flexibility index (Phi) is 3.09. The summed E-state index contributed by atoms with van der Waals surface area (Å²) in [5.41, 5.74) is 0.280. The molecule has 68 valence electrons. The molecule has 0 saturated carbocycles. The molecule has 1 heterocycles. The third-order valence-corrected chi connectivity index (χ3v) is 1.92. The highest BCUT2D eigenvalue weighted by molar-refractivity contribution is 9.10. The Morgan fingerprint density at radius 2 is 2.54 bits per heavy atom. The highest BCUT2D eigenvalue weighted by atomic mass is 79.9. The largest absolute Gasteiger partial charge is 0.457 e. The second-order valence-corrected chi connectivity index (χ2v) is 3.00. The second kappa shape index (κ2) is 4.10. The molecule has 1 aromatic rings. The van der Waals surface area contributed by atoms with Gasteiger partial charge in [-0.05, 0) is 28.9 Å². The summed E-state index contributed by atoms with van der Waals surface area (Å²) in [6.07, 6.45) is 0.604. The maximum absolute atomic E-state index is 11.2. The Morgan fingerprint density at radius 1 is 1.85 bits per heavy atom. The lowest BCUT2D eigenvalue weighted by Gasteiger charge is -2.03. The molecule has 1 rings (SSSR count). The van der Waals surface area contributed by atoms with Crippen molar-refractivity contribution in [2.75, 3.05) is 0 Å². The van der Waals surface area contributed by atoms with Crippen molar-refractivity contribution in [3.05, 3.63) is 22.6 Å². The lowest BCUT2D eigenvalue weighted by molar-refractivity contribution is 0.0433. The third kappa shape index (κ3) is 2.33. The highest BCUT2D eigenvalue weighted by Gasteiger charge is 2.16. The van der Waals surface area contributed by atoms with Gasteiger partial charge in [0.1, 0.15) is 11.6 Å². The van der Waals surface area contributed by atoms with E-state index in [1.54, 1.807) is 6.07 Å². The topological polar surface area (TPSA) is 63.2 Å². The Bertz CT molecular complexity index is 353. The first-order valence-corrected chi connectivity index (χ1v) is 4.28. The molecule has 0 aliphatic carbocycles. The Balaban J connectivity index is 2.71. The van der Waals surface area contributed by atoms with E-state index >= 15 is 0 Å². The molecule has 1 aromatic heterocycles. The SMILES string of the molecule is CC(C#N)OC(=O)c1ccoc1Br. The van der Waals surface area contributed by atoms with E-state index in [1.165, 1.54) is 19.3 Å². The number of nitrogens with zero attached hydrogens (tertiary/aromatic N) is 1. The fourth-order valence-corrected chi connectivity index (χ4v) is 1.09. The van der Waals surface area contributed by atoms with Gasteiger partial charge in [0.2, 0.25) is 0 Å². The van der Waals surface area contributed by atoms with Crippen LogP contribution < -0.4 is 0 Å². The minimum Gasteiger partial charge on any atom is -0.457 e. The van der Waals surface area contributed by atoms with Crippen molar-refractivity contribution in [1.29, 1.82) is 5.26 Å². The zero-order valence-electron chi connectivity index (χ0n) is 6.78. The van der Waals surface area contributed by atoms with E-state index in [2.05, 4.69) is 15.9 Å². The average molecular weight is 244 g/mol. The van der Waals surface area contributed by atoms with E-state index in [1.807, 2.05) is 0 Å². The number of carbonyl (C=O) groups is 1. The second-order valence-electron chi connectivity index (χ2n) is 2.28. The predicted octanol–water partition coefficient (Wildman–Crippen LogP) is 2.11. The van der Waals surface area contributed by atoms with Gasteiger partial charge in [-0.15, -0.1) is 0 Å². The zero-order valence-corrected chi connectivity index (χ0v) is 8.37. The molecular weight excluding hydrogens is 238 g/mol. The molecule has 0 amide bonds. The first-order valence-electron chi connectivity index (χ1n) is 3.48. The van der Waals surface area contributed by atoms with Crippen molar-refractivity contribution >= 4 is 21.9 Å². The molecule has 0 aliphatic rings. The quantitative estimate of drug-likeness (QED) is 0.747. The Morgan fingerprint density at radius 3 is 3.00 bits per heavy atom. The average Bonchev–Trinajstić information content (AvgIpc) is 2.51. The number of furan rings is 1. The monoisotopic (exact) mass is 243 g/mol. The van der Waals surface area contributed by atoms with Crippen LogP contribution in [0.15, 0.2) is 21.4 Å². The van der Waals surface area contributed by atoms with Crippen molar-refractivity contribution in [3.8, 4) is 6.07 Å². The molecular formula is C8H6BrNO3. The van der Waals surface area contributed by atoms with Gasteiger partial charge in [0.15, 0.2) is 10.8 Å². The molecule has 0 N–H and O–H groups in total. The van der Waals surface area contributed by atoms with Gasteiger partial charge < -0.3 is 9.15 Å². The van der Waals surface area contributed by atoms with Crippen LogP contribution in [0, 0.1) is 11.3 Å². The van der Waals surface area contributed by atoms with Gasteiger partial charge in [0.25, 0.3) is 0 Å². The predicted molar refractivity (Wildman–Crippen MR) is 46.9 cm³/mol. The number of halogens is 1. The van der Waals surface area contributed by atoms with Crippen molar-refractivity contribution in [2.24, 2.45) is 0 Å². The molecule has 0 radical (unpaired) electrons. The zero-order chi connectivity index (χ0) is 9.84. The molecule has 0 aromatic carbocycles. The maximum Gasteiger partial charge on any atom is 0.343 e. The molecule has 5 heteroatoms. The lowest BCUT2D eigenvalue weighted by Crippen LogP contribution is -2.12. The van der Waals surface area contributed by atoms with E-state index in [0.717, 1.165) is 0 Å². The van der Waals surface area contributed by atoms with Crippen molar-refractivity contribution in [1.82, 2.24) is 0 Å². The van der Waals surface area contributed by atoms with Crippen LogP contribution in [0.3, 0.4) is 0 Å². The number of hydrogen-bond acceptors (Lipinski definition) is 4. The van der Waals surface area contributed by atoms with Crippen LogP contribution >= 0.6 is 15.9 Å². The summed E-state index contributed by atoms with van der Waals surface area (Å²) in [4.78, 5) is 11.2. The van der Waals surface area contributed by atoms with E-state index < -0.39 is 12.1 Å². The van der Waals surface area contributed by atoms with Crippen LogP contribution in [-0.4, -0.2) is 12.1 Å². The normalized spacial score (nSPS) is 11.8. The van der Waals surface area contributed by atoms with E-state index in [4.69, 9.17) is 14.4 Å². The molecule has 0 fully saturated rings. The molecule has 0 spiro atoms. The minimum absolute atomic E-state index is 0.280. The Labute approximate surface area is 83.2 Å². The highest BCUT2D eigenvalue weighted by Crippen LogP contribution is 2.18. The third-order valence-electron chi connectivity index (χ3n) is 1.30. The van der Waals surface area contributed by atoms with Crippen LogP contribution in [0.1, 0.15) is 17.3 Å². The number of hydrogen-bond donors (Lipinski definition) is 0. The minimum atomic E-state index is -0.755. The summed E-state index contributed by atoms with van der Waals surface area (Å²) >= 11 is 3.03. The van der Waals surface area contributed by atoms with Gasteiger partial charge >= 0.3 is 5.97 Å². The number of rotatable bonds is 2. The summed E-state index contributed by atoms with van der Waals surface area (Å²) in [6.45, 7) is 1.49. The van der Waals surface area contributed by atoms with Crippen LogP contribution in [0.4, 0.5) is 0 Å². The van der Waals surface area contributed by atoms with Gasteiger partial charge in [0, 0.05) is 0 Å². The number of ether oxygens (including phenoxy) is 1. The molecule has 0 bridgehead atoms. The summed E-state index contributed by atoms with van der Waals surface area (Å²) in [5, 5.41) is 8.39. The lowest BCUT2D eigenvalue weighted by atomic mass is 10.3. The molecule has 0 aliphatic heterocycles. The fourth-order valence-electron chi connectivity index (χ4n) is 0.689. The molecule has 1 atom stereocenters. The van der Waals surface area contributed by atoms with Crippen LogP contribution in [-0.2, 0) is 4.74 Å². The first-order chi connectivity index (χ1) is 6.15. The fraction of sp³-hybridized carbons (Fsp3) is 0.250. The van der Waals surface area contributed by atoms with Crippen LogP contribution in [0.25, 0.3) is 0 Å². The number of esters is 1.